The minimum absolute atomic E-state index is 0.485. The molecule has 1 fully saturated rings. The monoisotopic (exact) mass is 219 g/mol. The third kappa shape index (κ3) is 3.86. The number of hydrogen-bond acceptors (Lipinski definition) is 2. The lowest BCUT2D eigenvalue weighted by Crippen LogP contribution is -2.18. The Morgan fingerprint density at radius 2 is 2.19 bits per heavy atom. The Labute approximate surface area is 98.0 Å². The fraction of sp³-hybridized carbons (Fsp3) is 0.571. The molecular weight excluding hydrogens is 198 g/mol. The van der Waals surface area contributed by atoms with Gasteiger partial charge in [-0.2, -0.15) is 0 Å². The van der Waals surface area contributed by atoms with E-state index >= 15 is 0 Å². The fourth-order valence-corrected chi connectivity index (χ4v) is 1.61. The Bertz CT molecular complexity index is 331. The lowest BCUT2D eigenvalue weighted by molar-refractivity contribution is 0.303. The summed E-state index contributed by atoms with van der Waals surface area (Å²) in [5.74, 6) is 1.72. The standard InChI is InChI=1S/C14H21NO/c1-11(2)9-15-10-12-4-3-5-14(8-12)16-13-6-7-13/h3-5,8,11,13,15H,6-7,9-10H2,1-2H3. The van der Waals surface area contributed by atoms with E-state index in [0.717, 1.165) is 18.8 Å². The summed E-state index contributed by atoms with van der Waals surface area (Å²) in [6.07, 6.45) is 2.92. The predicted octanol–water partition coefficient (Wildman–Crippen LogP) is 2.97. The molecule has 0 radical (unpaired) electrons. The summed E-state index contributed by atoms with van der Waals surface area (Å²) in [4.78, 5) is 0. The van der Waals surface area contributed by atoms with E-state index in [1.807, 2.05) is 6.07 Å². The quantitative estimate of drug-likeness (QED) is 0.794. The van der Waals surface area contributed by atoms with Crippen molar-refractivity contribution in [3.05, 3.63) is 29.8 Å². The summed E-state index contributed by atoms with van der Waals surface area (Å²) in [6.45, 7) is 6.44. The first-order valence-electron chi connectivity index (χ1n) is 6.20. The van der Waals surface area contributed by atoms with Crippen LogP contribution in [0.25, 0.3) is 0 Å². The van der Waals surface area contributed by atoms with Gasteiger partial charge < -0.3 is 10.1 Å². The van der Waals surface area contributed by atoms with Crippen molar-refractivity contribution in [1.82, 2.24) is 5.32 Å². The lowest BCUT2D eigenvalue weighted by atomic mass is 10.2. The van der Waals surface area contributed by atoms with E-state index in [1.165, 1.54) is 18.4 Å². The first-order valence-corrected chi connectivity index (χ1v) is 6.20. The molecule has 2 heteroatoms. The largest absolute Gasteiger partial charge is 0.490 e. The van der Waals surface area contributed by atoms with Gasteiger partial charge in [0, 0.05) is 6.54 Å². The topological polar surface area (TPSA) is 21.3 Å². The smallest absolute Gasteiger partial charge is 0.120 e. The van der Waals surface area contributed by atoms with Gasteiger partial charge in [-0.15, -0.1) is 0 Å². The fourth-order valence-electron chi connectivity index (χ4n) is 1.61. The zero-order chi connectivity index (χ0) is 11.4. The molecule has 0 aromatic heterocycles. The van der Waals surface area contributed by atoms with Crippen LogP contribution in [0.5, 0.6) is 5.75 Å². The average molecular weight is 219 g/mol. The zero-order valence-electron chi connectivity index (χ0n) is 10.2. The van der Waals surface area contributed by atoms with E-state index in [2.05, 4.69) is 37.4 Å². The van der Waals surface area contributed by atoms with Crippen LogP contribution in [-0.2, 0) is 6.54 Å². The second-order valence-electron chi connectivity index (χ2n) is 4.99. The average Bonchev–Trinajstić information content (AvgIpc) is 3.02. The lowest BCUT2D eigenvalue weighted by Gasteiger charge is -2.09. The summed E-state index contributed by atoms with van der Waals surface area (Å²) in [6, 6.07) is 8.41. The van der Waals surface area contributed by atoms with Gasteiger partial charge in [-0.3, -0.25) is 0 Å². The van der Waals surface area contributed by atoms with E-state index in [1.54, 1.807) is 0 Å². The van der Waals surface area contributed by atoms with Crippen molar-refractivity contribution in [3.63, 3.8) is 0 Å². The van der Waals surface area contributed by atoms with Crippen LogP contribution in [0, 0.1) is 5.92 Å². The molecule has 2 rings (SSSR count). The van der Waals surface area contributed by atoms with Crippen LogP contribution in [-0.4, -0.2) is 12.6 Å². The van der Waals surface area contributed by atoms with Gasteiger partial charge in [-0.25, -0.2) is 0 Å². The predicted molar refractivity (Wildman–Crippen MR) is 66.6 cm³/mol. The molecule has 0 bridgehead atoms. The molecule has 0 heterocycles. The summed E-state index contributed by atoms with van der Waals surface area (Å²) in [5, 5.41) is 3.44. The van der Waals surface area contributed by atoms with E-state index in [9.17, 15) is 0 Å². The van der Waals surface area contributed by atoms with Crippen molar-refractivity contribution in [2.75, 3.05) is 6.54 Å². The van der Waals surface area contributed by atoms with E-state index in [4.69, 9.17) is 4.74 Å². The highest BCUT2D eigenvalue weighted by Crippen LogP contribution is 2.26. The Balaban J connectivity index is 1.83. The third-order valence-corrected chi connectivity index (χ3v) is 2.61. The molecule has 0 spiro atoms. The molecule has 0 amide bonds. The second kappa shape index (κ2) is 5.35. The maximum absolute atomic E-state index is 5.77. The molecule has 0 aliphatic heterocycles. The summed E-state index contributed by atoms with van der Waals surface area (Å²) in [5.41, 5.74) is 1.30. The molecule has 1 aromatic rings. The van der Waals surface area contributed by atoms with Crippen LogP contribution in [0.4, 0.5) is 0 Å². The molecule has 1 aromatic carbocycles. The van der Waals surface area contributed by atoms with Gasteiger partial charge in [0.05, 0.1) is 6.10 Å². The van der Waals surface area contributed by atoms with Crippen molar-refractivity contribution in [2.24, 2.45) is 5.92 Å². The highest BCUT2D eigenvalue weighted by Gasteiger charge is 2.23. The first kappa shape index (κ1) is 11.5. The molecule has 16 heavy (non-hydrogen) atoms. The Kier molecular flexibility index (Phi) is 3.83. The highest BCUT2D eigenvalue weighted by atomic mass is 16.5. The highest BCUT2D eigenvalue weighted by molar-refractivity contribution is 5.29. The summed E-state index contributed by atoms with van der Waals surface area (Å²) >= 11 is 0. The number of nitrogens with one attached hydrogen (secondary N) is 1. The molecule has 88 valence electrons. The van der Waals surface area contributed by atoms with Crippen LogP contribution in [0.3, 0.4) is 0 Å². The summed E-state index contributed by atoms with van der Waals surface area (Å²) in [7, 11) is 0. The molecule has 1 N–H and O–H groups in total. The second-order valence-corrected chi connectivity index (χ2v) is 4.99. The molecule has 1 aliphatic carbocycles. The van der Waals surface area contributed by atoms with Gasteiger partial charge in [0.15, 0.2) is 0 Å². The van der Waals surface area contributed by atoms with E-state index in [0.29, 0.717) is 12.0 Å². The first-order chi connectivity index (χ1) is 7.74. The van der Waals surface area contributed by atoms with Crippen molar-refractivity contribution in [1.29, 1.82) is 0 Å². The van der Waals surface area contributed by atoms with Gasteiger partial charge in [0.1, 0.15) is 5.75 Å². The minimum atomic E-state index is 0.485. The number of ether oxygens (including phenoxy) is 1. The van der Waals surface area contributed by atoms with Crippen LogP contribution < -0.4 is 10.1 Å². The Hall–Kier alpha value is -1.02. The van der Waals surface area contributed by atoms with Crippen LogP contribution in [0.15, 0.2) is 24.3 Å². The van der Waals surface area contributed by atoms with E-state index in [-0.39, 0.29) is 0 Å². The van der Waals surface area contributed by atoms with Crippen molar-refractivity contribution < 1.29 is 4.74 Å². The molecule has 2 nitrogen and oxygen atoms in total. The molecule has 0 atom stereocenters. The molecule has 0 saturated heterocycles. The van der Waals surface area contributed by atoms with Crippen LogP contribution in [0.1, 0.15) is 32.3 Å². The maximum atomic E-state index is 5.77. The molecule has 1 aliphatic rings. The Morgan fingerprint density at radius 3 is 2.88 bits per heavy atom. The molecule has 0 unspecified atom stereocenters. The van der Waals surface area contributed by atoms with Gasteiger partial charge in [0.25, 0.3) is 0 Å². The molecule has 1 saturated carbocycles. The van der Waals surface area contributed by atoms with Crippen molar-refractivity contribution >= 4 is 0 Å². The van der Waals surface area contributed by atoms with Crippen LogP contribution >= 0.6 is 0 Å². The van der Waals surface area contributed by atoms with Gasteiger partial charge in [-0.1, -0.05) is 26.0 Å². The zero-order valence-corrected chi connectivity index (χ0v) is 10.2. The third-order valence-electron chi connectivity index (χ3n) is 2.61. The summed E-state index contributed by atoms with van der Waals surface area (Å²) < 4.78 is 5.77. The number of rotatable bonds is 6. The number of benzene rings is 1. The van der Waals surface area contributed by atoms with Crippen molar-refractivity contribution in [3.8, 4) is 5.75 Å². The van der Waals surface area contributed by atoms with Gasteiger partial charge >= 0.3 is 0 Å². The van der Waals surface area contributed by atoms with Gasteiger partial charge in [0.2, 0.25) is 0 Å². The maximum Gasteiger partial charge on any atom is 0.120 e. The van der Waals surface area contributed by atoms with Gasteiger partial charge in [-0.05, 0) is 43.0 Å². The minimum Gasteiger partial charge on any atom is -0.490 e. The SMILES string of the molecule is CC(C)CNCc1cccc(OC2CC2)c1. The van der Waals surface area contributed by atoms with Crippen molar-refractivity contribution in [2.45, 2.75) is 39.3 Å². The van der Waals surface area contributed by atoms with Crippen LogP contribution in [0.2, 0.25) is 0 Å². The van der Waals surface area contributed by atoms with E-state index < -0.39 is 0 Å². The Morgan fingerprint density at radius 1 is 1.38 bits per heavy atom. The molecular formula is C14H21NO. The normalized spacial score (nSPS) is 15.4. The number of hydrogen-bond donors (Lipinski definition) is 1.